The zero-order valence-corrected chi connectivity index (χ0v) is 16.5. The van der Waals surface area contributed by atoms with E-state index in [1.165, 1.54) is 16.8 Å². The van der Waals surface area contributed by atoms with E-state index in [0.717, 1.165) is 17.5 Å². The molecule has 0 aliphatic rings. The Morgan fingerprint density at radius 3 is 2.66 bits per heavy atom. The van der Waals surface area contributed by atoms with Crippen LogP contribution in [0.5, 0.6) is 0 Å². The van der Waals surface area contributed by atoms with Gasteiger partial charge < -0.3 is 5.32 Å². The van der Waals surface area contributed by atoms with Gasteiger partial charge in [0.1, 0.15) is 23.7 Å². The first kappa shape index (κ1) is 20.2. The monoisotopic (exact) mass is 400 g/mol. The first-order valence-electron chi connectivity index (χ1n) is 8.96. The number of nitrogens with one attached hydrogen (secondary N) is 1. The van der Waals surface area contributed by atoms with Crippen LogP contribution >= 0.6 is 0 Å². The van der Waals surface area contributed by atoms with Crippen LogP contribution in [0.3, 0.4) is 0 Å². The van der Waals surface area contributed by atoms with E-state index < -0.39 is 11.0 Å². The van der Waals surface area contributed by atoms with Crippen molar-refractivity contribution in [1.82, 2.24) is 19.6 Å². The maximum atomic E-state index is 13.4. The molecule has 9 nitrogen and oxygen atoms in total. The Balaban J connectivity index is 1.80. The summed E-state index contributed by atoms with van der Waals surface area (Å²) in [5.41, 5.74) is 2.80. The number of carbonyl (C=O) groups is 1. The zero-order chi connectivity index (χ0) is 21.3. The molecular weight excluding hydrogens is 379 g/mol. The molecule has 0 radical (unpaired) electrons. The molecule has 0 saturated carbocycles. The van der Waals surface area contributed by atoms with Crippen molar-refractivity contribution < 1.29 is 14.1 Å². The summed E-state index contributed by atoms with van der Waals surface area (Å²) in [6.07, 6.45) is 1.13. The van der Waals surface area contributed by atoms with Gasteiger partial charge in [0.2, 0.25) is 5.91 Å². The summed E-state index contributed by atoms with van der Waals surface area (Å²) in [4.78, 5) is 23.2. The number of anilines is 1. The van der Waals surface area contributed by atoms with Gasteiger partial charge in [-0.05, 0) is 45.4 Å². The van der Waals surface area contributed by atoms with Crippen molar-refractivity contribution in [3.63, 3.8) is 0 Å². The van der Waals surface area contributed by atoms with Crippen molar-refractivity contribution in [2.75, 3.05) is 5.32 Å². The number of hydrogen-bond acceptors (Lipinski definition) is 5. The molecule has 0 saturated heterocycles. The summed E-state index contributed by atoms with van der Waals surface area (Å²) >= 11 is 0. The molecule has 0 spiro atoms. The third kappa shape index (κ3) is 4.00. The molecule has 0 fully saturated rings. The van der Waals surface area contributed by atoms with E-state index >= 15 is 0 Å². The van der Waals surface area contributed by atoms with Crippen LogP contribution in [-0.2, 0) is 11.3 Å². The quantitative estimate of drug-likeness (QED) is 0.504. The van der Waals surface area contributed by atoms with E-state index in [0.29, 0.717) is 23.6 Å². The molecule has 2 heterocycles. The van der Waals surface area contributed by atoms with Crippen molar-refractivity contribution in [3.8, 4) is 0 Å². The Labute approximate surface area is 166 Å². The van der Waals surface area contributed by atoms with Crippen molar-refractivity contribution in [3.05, 3.63) is 69.0 Å². The average molecular weight is 400 g/mol. The lowest BCUT2D eigenvalue weighted by molar-refractivity contribution is -0.385. The van der Waals surface area contributed by atoms with Gasteiger partial charge in [0.05, 0.1) is 28.5 Å². The van der Waals surface area contributed by atoms with Crippen LogP contribution < -0.4 is 5.32 Å². The Morgan fingerprint density at radius 1 is 1.31 bits per heavy atom. The lowest BCUT2D eigenvalue weighted by Crippen LogP contribution is -2.25. The number of benzene rings is 1. The highest BCUT2D eigenvalue weighted by Crippen LogP contribution is 2.24. The fourth-order valence-corrected chi connectivity index (χ4v) is 3.16. The molecule has 1 amide bonds. The first-order valence-corrected chi connectivity index (χ1v) is 8.96. The molecular formula is C19H21FN6O3. The molecule has 10 heteroatoms. The molecule has 152 valence electrons. The maximum absolute atomic E-state index is 13.4. The molecule has 0 aliphatic heterocycles. The third-order valence-electron chi connectivity index (χ3n) is 4.81. The summed E-state index contributed by atoms with van der Waals surface area (Å²) in [6, 6.07) is 5.48. The van der Waals surface area contributed by atoms with Gasteiger partial charge in [-0.15, -0.1) is 0 Å². The van der Waals surface area contributed by atoms with Gasteiger partial charge in [0.15, 0.2) is 0 Å². The summed E-state index contributed by atoms with van der Waals surface area (Å²) < 4.78 is 16.4. The molecule has 1 unspecified atom stereocenters. The van der Waals surface area contributed by atoms with Crippen LogP contribution in [0.15, 0.2) is 30.5 Å². The van der Waals surface area contributed by atoms with Crippen LogP contribution in [0, 0.1) is 36.7 Å². The van der Waals surface area contributed by atoms with Gasteiger partial charge in [-0.25, -0.2) is 4.39 Å². The normalized spacial score (nSPS) is 12.0. The molecule has 3 rings (SSSR count). The fraction of sp³-hybridized carbons (Fsp3) is 0.316. The van der Waals surface area contributed by atoms with Crippen LogP contribution in [-0.4, -0.2) is 30.4 Å². The predicted octanol–water partition coefficient (Wildman–Crippen LogP) is 3.30. The number of rotatable bonds is 6. The highest BCUT2D eigenvalue weighted by molar-refractivity contribution is 5.94. The second-order valence-electron chi connectivity index (χ2n) is 6.82. The molecule has 1 N–H and O–H groups in total. The van der Waals surface area contributed by atoms with Gasteiger partial charge in [0.25, 0.3) is 0 Å². The summed E-state index contributed by atoms with van der Waals surface area (Å²) in [7, 11) is 0. The first-order chi connectivity index (χ1) is 13.7. The minimum Gasteiger partial charge on any atom is -0.321 e. The second-order valence-corrected chi connectivity index (χ2v) is 6.82. The number of nitro groups is 1. The molecule has 1 aromatic carbocycles. The minimum absolute atomic E-state index is 0.139. The van der Waals surface area contributed by atoms with Gasteiger partial charge in [-0.3, -0.25) is 24.3 Å². The van der Waals surface area contributed by atoms with Crippen molar-refractivity contribution in [2.45, 2.75) is 40.3 Å². The fourth-order valence-electron chi connectivity index (χ4n) is 3.16. The summed E-state index contributed by atoms with van der Waals surface area (Å²) in [5, 5.41) is 22.2. The maximum Gasteiger partial charge on any atom is 0.309 e. The number of aryl methyl sites for hydroxylation is 1. The summed E-state index contributed by atoms with van der Waals surface area (Å²) in [5.74, 6) is -0.697. The van der Waals surface area contributed by atoms with Crippen LogP contribution in [0.4, 0.5) is 15.8 Å². The topological polar surface area (TPSA) is 108 Å². The van der Waals surface area contributed by atoms with Crippen LogP contribution in [0.25, 0.3) is 0 Å². The molecule has 29 heavy (non-hydrogen) atoms. The van der Waals surface area contributed by atoms with Crippen LogP contribution in [0.1, 0.15) is 35.6 Å². The number of aromatic nitrogens is 4. The number of amides is 1. The van der Waals surface area contributed by atoms with E-state index in [2.05, 4.69) is 15.5 Å². The Morgan fingerprint density at radius 2 is 2.03 bits per heavy atom. The van der Waals surface area contributed by atoms with Crippen molar-refractivity contribution in [1.29, 1.82) is 0 Å². The largest absolute Gasteiger partial charge is 0.321 e. The highest BCUT2D eigenvalue weighted by Gasteiger charge is 2.25. The van der Waals surface area contributed by atoms with Gasteiger partial charge in [-0.1, -0.05) is 12.1 Å². The highest BCUT2D eigenvalue weighted by atomic mass is 19.1. The number of hydrogen-bond donors (Lipinski definition) is 1. The Bertz CT molecular complexity index is 1090. The summed E-state index contributed by atoms with van der Waals surface area (Å²) in [6.45, 7) is 7.09. The molecule has 2 aromatic heterocycles. The predicted molar refractivity (Wildman–Crippen MR) is 104 cm³/mol. The van der Waals surface area contributed by atoms with Crippen LogP contribution in [0.2, 0.25) is 0 Å². The van der Waals surface area contributed by atoms with Crippen molar-refractivity contribution >= 4 is 17.3 Å². The Kier molecular flexibility index (Phi) is 5.44. The molecule has 0 aliphatic carbocycles. The molecule has 1 atom stereocenters. The number of halogens is 1. The van der Waals surface area contributed by atoms with E-state index in [1.54, 1.807) is 37.6 Å². The third-order valence-corrected chi connectivity index (χ3v) is 4.81. The van der Waals surface area contributed by atoms with E-state index in [9.17, 15) is 19.3 Å². The van der Waals surface area contributed by atoms with E-state index in [1.807, 2.05) is 6.92 Å². The van der Waals surface area contributed by atoms with Gasteiger partial charge >= 0.3 is 5.69 Å². The van der Waals surface area contributed by atoms with Gasteiger partial charge in [-0.2, -0.15) is 10.2 Å². The van der Waals surface area contributed by atoms with E-state index in [-0.39, 0.29) is 17.4 Å². The standard InChI is InChI=1S/C19H21FN6O3/c1-11-18(13(3)24(23-11)10-15-6-5-7-16(20)8-15)22-19(27)14(4)25-12(2)17(9-21-25)26(28)29/h5-9,14H,10H2,1-4H3,(H,22,27). The van der Waals surface area contributed by atoms with Crippen molar-refractivity contribution in [2.24, 2.45) is 0 Å². The smallest absolute Gasteiger partial charge is 0.309 e. The molecule has 0 bridgehead atoms. The van der Waals surface area contributed by atoms with E-state index in [4.69, 9.17) is 0 Å². The number of nitrogens with zero attached hydrogens (tertiary/aromatic N) is 5. The lowest BCUT2D eigenvalue weighted by atomic mass is 10.2. The SMILES string of the molecule is Cc1nn(Cc2cccc(F)c2)c(C)c1NC(=O)C(C)n1ncc([N+](=O)[O-])c1C. The number of carbonyl (C=O) groups excluding carboxylic acids is 1. The average Bonchev–Trinajstić information content (AvgIpc) is 3.16. The molecule has 3 aromatic rings. The minimum atomic E-state index is -0.755. The lowest BCUT2D eigenvalue weighted by Gasteiger charge is -2.14. The second kappa shape index (κ2) is 7.82. The Hall–Kier alpha value is -3.56. The van der Waals surface area contributed by atoms with Gasteiger partial charge in [0, 0.05) is 0 Å². The zero-order valence-electron chi connectivity index (χ0n) is 16.5.